The second-order valence-corrected chi connectivity index (χ2v) is 7.89. The van der Waals surface area contributed by atoms with E-state index in [4.69, 9.17) is 21.1 Å². The highest BCUT2D eigenvalue weighted by molar-refractivity contribution is 6.30. The highest BCUT2D eigenvalue weighted by atomic mass is 35.5. The van der Waals surface area contributed by atoms with Crippen LogP contribution in [-0.2, 0) is 0 Å². The summed E-state index contributed by atoms with van der Waals surface area (Å²) in [5, 5.41) is 16.4. The maximum Gasteiger partial charge on any atom is 0.343 e. The van der Waals surface area contributed by atoms with Gasteiger partial charge in [0.25, 0.3) is 5.91 Å². The lowest BCUT2D eigenvalue weighted by Gasteiger charge is -2.11. The van der Waals surface area contributed by atoms with Crippen LogP contribution in [0.4, 0.5) is 0 Å². The number of hydrogen-bond acceptors (Lipinski definition) is 6. The van der Waals surface area contributed by atoms with Crippen molar-refractivity contribution < 1.29 is 24.2 Å². The standard InChI is InChI=1S/C27H21ClN2O5/c1-2-34-25-13-17(7-12-24(25)35-27(33)18-8-10-21(28)11-9-18)16-29-30-26(32)22-14-19-5-3-4-6-20(19)15-23(22)31/h3-16,31H,2H2,1H3,(H,30,32)/b29-16-. The van der Waals surface area contributed by atoms with E-state index < -0.39 is 11.9 Å². The molecule has 0 atom stereocenters. The molecule has 0 aliphatic rings. The number of halogens is 1. The molecule has 0 saturated heterocycles. The van der Waals surface area contributed by atoms with Crippen LogP contribution in [0.25, 0.3) is 10.8 Å². The maximum absolute atomic E-state index is 12.5. The molecule has 35 heavy (non-hydrogen) atoms. The molecule has 4 aromatic rings. The first-order valence-corrected chi connectivity index (χ1v) is 11.1. The average molecular weight is 489 g/mol. The number of amides is 1. The molecule has 0 spiro atoms. The summed E-state index contributed by atoms with van der Waals surface area (Å²) in [6.07, 6.45) is 1.42. The van der Waals surface area contributed by atoms with Crippen molar-refractivity contribution in [3.05, 3.63) is 101 Å². The van der Waals surface area contributed by atoms with Crippen LogP contribution < -0.4 is 14.9 Å². The Balaban J connectivity index is 1.47. The van der Waals surface area contributed by atoms with Crippen molar-refractivity contribution in [1.29, 1.82) is 0 Å². The molecule has 1 amide bonds. The minimum Gasteiger partial charge on any atom is -0.507 e. The van der Waals surface area contributed by atoms with Gasteiger partial charge in [0.2, 0.25) is 0 Å². The van der Waals surface area contributed by atoms with Gasteiger partial charge < -0.3 is 14.6 Å². The quantitative estimate of drug-likeness (QED) is 0.153. The Kier molecular flexibility index (Phi) is 7.28. The number of fused-ring (bicyclic) bond motifs is 1. The normalized spacial score (nSPS) is 10.9. The molecule has 0 bridgehead atoms. The van der Waals surface area contributed by atoms with Crippen LogP contribution in [0.15, 0.2) is 84.0 Å². The predicted octanol–water partition coefficient (Wildman–Crippen LogP) is 5.58. The number of hydrogen-bond donors (Lipinski definition) is 2. The van der Waals surface area contributed by atoms with Gasteiger partial charge in [-0.2, -0.15) is 5.10 Å². The number of phenolic OH excluding ortho intramolecular Hbond substituents is 1. The Hall–Kier alpha value is -4.36. The number of benzene rings is 4. The molecule has 0 aliphatic heterocycles. The topological polar surface area (TPSA) is 97.2 Å². The Morgan fingerprint density at radius 3 is 2.40 bits per heavy atom. The van der Waals surface area contributed by atoms with E-state index >= 15 is 0 Å². The Morgan fingerprint density at radius 1 is 0.971 bits per heavy atom. The Labute approximate surface area is 206 Å². The molecule has 0 aliphatic carbocycles. The van der Waals surface area contributed by atoms with Crippen molar-refractivity contribution in [3.63, 3.8) is 0 Å². The first-order valence-electron chi connectivity index (χ1n) is 10.7. The van der Waals surface area contributed by atoms with Crippen molar-refractivity contribution in [3.8, 4) is 17.2 Å². The van der Waals surface area contributed by atoms with E-state index in [1.807, 2.05) is 31.2 Å². The molecule has 176 valence electrons. The lowest BCUT2D eigenvalue weighted by Crippen LogP contribution is -2.17. The first-order chi connectivity index (χ1) is 16.9. The van der Waals surface area contributed by atoms with Crippen LogP contribution in [0.3, 0.4) is 0 Å². The van der Waals surface area contributed by atoms with E-state index in [1.54, 1.807) is 48.5 Å². The summed E-state index contributed by atoms with van der Waals surface area (Å²) in [6.45, 7) is 2.16. The van der Waals surface area contributed by atoms with Gasteiger partial charge in [-0.25, -0.2) is 10.2 Å². The van der Waals surface area contributed by atoms with Gasteiger partial charge >= 0.3 is 5.97 Å². The van der Waals surface area contributed by atoms with Gasteiger partial charge in [-0.05, 0) is 77.9 Å². The number of hydrazone groups is 1. The average Bonchev–Trinajstić information content (AvgIpc) is 2.85. The first kappa shape index (κ1) is 23.8. The van der Waals surface area contributed by atoms with Gasteiger partial charge in [-0.1, -0.05) is 35.9 Å². The Morgan fingerprint density at radius 2 is 1.69 bits per heavy atom. The molecule has 0 unspecified atom stereocenters. The molecule has 7 nitrogen and oxygen atoms in total. The van der Waals surface area contributed by atoms with Crippen molar-refractivity contribution in [2.75, 3.05) is 6.61 Å². The number of nitrogens with one attached hydrogen (secondary N) is 1. The van der Waals surface area contributed by atoms with Gasteiger partial charge in [0.05, 0.1) is 23.9 Å². The summed E-state index contributed by atoms with van der Waals surface area (Å²) in [4.78, 5) is 25.0. The molecule has 0 fully saturated rings. The fraction of sp³-hybridized carbons (Fsp3) is 0.0741. The highest BCUT2D eigenvalue weighted by Crippen LogP contribution is 2.29. The van der Waals surface area contributed by atoms with E-state index in [0.717, 1.165) is 10.8 Å². The molecule has 4 aromatic carbocycles. The number of rotatable bonds is 7. The maximum atomic E-state index is 12.5. The van der Waals surface area contributed by atoms with Gasteiger partial charge in [-0.3, -0.25) is 4.79 Å². The number of nitrogens with zero attached hydrogens (tertiary/aromatic N) is 1. The number of aromatic hydroxyl groups is 1. The SMILES string of the molecule is CCOc1cc(/C=N\NC(=O)c2cc3ccccc3cc2O)ccc1OC(=O)c1ccc(Cl)cc1. The van der Waals surface area contributed by atoms with E-state index in [2.05, 4.69) is 10.5 Å². The predicted molar refractivity (Wildman–Crippen MR) is 135 cm³/mol. The van der Waals surface area contributed by atoms with E-state index in [9.17, 15) is 14.7 Å². The number of esters is 1. The number of phenols is 1. The molecule has 4 rings (SSSR count). The van der Waals surface area contributed by atoms with Gasteiger partial charge in [0.15, 0.2) is 11.5 Å². The fourth-order valence-corrected chi connectivity index (χ4v) is 3.46. The van der Waals surface area contributed by atoms with E-state index in [0.29, 0.717) is 28.5 Å². The third kappa shape index (κ3) is 5.77. The van der Waals surface area contributed by atoms with Crippen LogP contribution in [-0.4, -0.2) is 29.8 Å². The summed E-state index contributed by atoms with van der Waals surface area (Å²) in [7, 11) is 0. The van der Waals surface area contributed by atoms with E-state index in [-0.39, 0.29) is 17.1 Å². The Bertz CT molecular complexity index is 1420. The summed E-state index contributed by atoms with van der Waals surface area (Å²) < 4.78 is 11.1. The van der Waals surface area contributed by atoms with Crippen LogP contribution >= 0.6 is 11.6 Å². The van der Waals surface area contributed by atoms with Crippen molar-refractivity contribution in [2.24, 2.45) is 5.10 Å². The molecule has 2 N–H and O–H groups in total. The molecular weight excluding hydrogens is 468 g/mol. The van der Waals surface area contributed by atoms with Crippen LogP contribution in [0.2, 0.25) is 5.02 Å². The number of carbonyl (C=O) groups excluding carboxylic acids is 2. The molecule has 0 aromatic heterocycles. The molecule has 0 saturated carbocycles. The van der Waals surface area contributed by atoms with Crippen LogP contribution in [0.5, 0.6) is 17.2 Å². The van der Waals surface area contributed by atoms with Gasteiger partial charge in [0.1, 0.15) is 5.75 Å². The molecule has 0 heterocycles. The molecular formula is C27H21ClN2O5. The second kappa shape index (κ2) is 10.7. The summed E-state index contributed by atoms with van der Waals surface area (Å²) in [5.41, 5.74) is 3.47. The zero-order valence-corrected chi connectivity index (χ0v) is 19.5. The van der Waals surface area contributed by atoms with Gasteiger partial charge in [0, 0.05) is 5.02 Å². The largest absolute Gasteiger partial charge is 0.507 e. The molecule has 8 heteroatoms. The summed E-state index contributed by atoms with van der Waals surface area (Å²) >= 11 is 5.86. The smallest absolute Gasteiger partial charge is 0.343 e. The third-order valence-electron chi connectivity index (χ3n) is 5.04. The van der Waals surface area contributed by atoms with E-state index in [1.165, 1.54) is 12.3 Å². The van der Waals surface area contributed by atoms with Crippen molar-refractivity contribution in [2.45, 2.75) is 6.92 Å². The fourth-order valence-electron chi connectivity index (χ4n) is 3.34. The lowest BCUT2D eigenvalue weighted by atomic mass is 10.1. The molecule has 0 radical (unpaired) electrons. The second-order valence-electron chi connectivity index (χ2n) is 7.45. The van der Waals surface area contributed by atoms with Crippen LogP contribution in [0, 0.1) is 0 Å². The van der Waals surface area contributed by atoms with Crippen molar-refractivity contribution >= 4 is 40.5 Å². The third-order valence-corrected chi connectivity index (χ3v) is 5.29. The van der Waals surface area contributed by atoms with Crippen molar-refractivity contribution in [1.82, 2.24) is 5.43 Å². The minimum absolute atomic E-state index is 0.111. The lowest BCUT2D eigenvalue weighted by molar-refractivity contribution is 0.0728. The monoisotopic (exact) mass is 488 g/mol. The summed E-state index contributed by atoms with van der Waals surface area (Å²) in [6, 6.07) is 21.8. The zero-order valence-electron chi connectivity index (χ0n) is 18.7. The van der Waals surface area contributed by atoms with Gasteiger partial charge in [-0.15, -0.1) is 0 Å². The highest BCUT2D eigenvalue weighted by Gasteiger charge is 2.14. The minimum atomic E-state index is -0.553. The van der Waals surface area contributed by atoms with Crippen LogP contribution in [0.1, 0.15) is 33.2 Å². The summed E-state index contributed by atoms with van der Waals surface area (Å²) in [5.74, 6) is -0.650. The number of ether oxygens (including phenoxy) is 2. The zero-order chi connectivity index (χ0) is 24.8. The number of carbonyl (C=O) groups is 2.